The van der Waals surface area contributed by atoms with Crippen LogP contribution < -0.4 is 16.0 Å². The fourth-order valence-electron chi connectivity index (χ4n) is 1.97. The number of nitrogens with one attached hydrogen (secondary N) is 1. The lowest BCUT2D eigenvalue weighted by molar-refractivity contribution is 0.207. The van der Waals surface area contributed by atoms with E-state index in [4.69, 9.17) is 10.6 Å². The van der Waals surface area contributed by atoms with Crippen molar-refractivity contribution < 1.29 is 9.53 Å². The standard InChI is InChI=1S/C13H21N3O2/c1-8-6-12(18-5)10(3)9(2)11(8)7-16(4)13(17)15-14/h6H,7,14H2,1-5H3,(H,15,17). The minimum Gasteiger partial charge on any atom is -0.496 e. The highest BCUT2D eigenvalue weighted by Gasteiger charge is 2.14. The fourth-order valence-corrected chi connectivity index (χ4v) is 1.97. The second-order valence-corrected chi connectivity index (χ2v) is 4.43. The maximum Gasteiger partial charge on any atom is 0.331 e. The van der Waals surface area contributed by atoms with Crippen molar-refractivity contribution in [3.8, 4) is 5.75 Å². The van der Waals surface area contributed by atoms with Gasteiger partial charge in [-0.05, 0) is 49.1 Å². The summed E-state index contributed by atoms with van der Waals surface area (Å²) in [6, 6.07) is 1.69. The Morgan fingerprint density at radius 1 is 1.39 bits per heavy atom. The summed E-state index contributed by atoms with van der Waals surface area (Å²) in [4.78, 5) is 13.0. The molecule has 5 nitrogen and oxygen atoms in total. The van der Waals surface area contributed by atoms with Crippen LogP contribution in [-0.2, 0) is 6.54 Å². The van der Waals surface area contributed by atoms with Crippen LogP contribution in [-0.4, -0.2) is 25.1 Å². The van der Waals surface area contributed by atoms with Crippen molar-refractivity contribution >= 4 is 6.03 Å². The van der Waals surface area contributed by atoms with Crippen LogP contribution in [0.3, 0.4) is 0 Å². The van der Waals surface area contributed by atoms with E-state index in [0.717, 1.165) is 28.0 Å². The molecule has 2 amide bonds. The van der Waals surface area contributed by atoms with Gasteiger partial charge in [-0.2, -0.15) is 0 Å². The first kappa shape index (κ1) is 14.3. The number of hydrazine groups is 1. The van der Waals surface area contributed by atoms with Crippen molar-refractivity contribution in [1.29, 1.82) is 0 Å². The third-order valence-corrected chi connectivity index (χ3v) is 3.29. The highest BCUT2D eigenvalue weighted by Crippen LogP contribution is 2.28. The van der Waals surface area contributed by atoms with Gasteiger partial charge in [-0.25, -0.2) is 10.6 Å². The number of nitrogens with zero attached hydrogens (tertiary/aromatic N) is 1. The molecule has 3 N–H and O–H groups in total. The van der Waals surface area contributed by atoms with Crippen LogP contribution in [0.15, 0.2) is 6.07 Å². The molecule has 0 aromatic heterocycles. The van der Waals surface area contributed by atoms with E-state index in [1.54, 1.807) is 19.1 Å². The summed E-state index contributed by atoms with van der Waals surface area (Å²) in [6.45, 7) is 6.58. The van der Waals surface area contributed by atoms with Gasteiger partial charge in [-0.15, -0.1) is 0 Å². The van der Waals surface area contributed by atoms with Crippen molar-refractivity contribution in [1.82, 2.24) is 10.3 Å². The Kier molecular flexibility index (Phi) is 4.55. The number of carbonyl (C=O) groups excluding carboxylic acids is 1. The maximum atomic E-state index is 11.4. The molecule has 0 atom stereocenters. The summed E-state index contributed by atoms with van der Waals surface area (Å²) in [7, 11) is 3.37. The van der Waals surface area contributed by atoms with Gasteiger partial charge < -0.3 is 9.64 Å². The average molecular weight is 251 g/mol. The Bertz CT molecular complexity index is 458. The van der Waals surface area contributed by atoms with Crippen LogP contribution in [0.1, 0.15) is 22.3 Å². The van der Waals surface area contributed by atoms with Crippen LogP contribution >= 0.6 is 0 Å². The van der Waals surface area contributed by atoms with E-state index in [0.29, 0.717) is 6.54 Å². The van der Waals surface area contributed by atoms with Gasteiger partial charge in [-0.3, -0.25) is 5.43 Å². The molecule has 0 saturated heterocycles. The normalized spacial score (nSPS) is 10.1. The highest BCUT2D eigenvalue weighted by atomic mass is 16.5. The molecular formula is C13H21N3O2. The summed E-state index contributed by atoms with van der Waals surface area (Å²) < 4.78 is 5.32. The summed E-state index contributed by atoms with van der Waals surface area (Å²) in [5.41, 5.74) is 6.59. The molecule has 1 aromatic rings. The SMILES string of the molecule is COc1cc(C)c(CN(C)C(=O)NN)c(C)c1C. The molecule has 0 radical (unpaired) electrons. The molecule has 0 spiro atoms. The molecule has 0 saturated carbocycles. The third kappa shape index (κ3) is 2.73. The minimum absolute atomic E-state index is 0.303. The topological polar surface area (TPSA) is 67.6 Å². The fraction of sp³-hybridized carbons (Fsp3) is 0.462. The van der Waals surface area contributed by atoms with E-state index in [1.807, 2.05) is 26.8 Å². The summed E-state index contributed by atoms with van der Waals surface area (Å²) in [5.74, 6) is 5.99. The number of carbonyl (C=O) groups is 1. The van der Waals surface area contributed by atoms with E-state index in [2.05, 4.69) is 5.43 Å². The lowest BCUT2D eigenvalue weighted by Crippen LogP contribution is -2.40. The lowest BCUT2D eigenvalue weighted by atomic mass is 9.97. The molecule has 1 rings (SSSR count). The molecule has 0 bridgehead atoms. The zero-order chi connectivity index (χ0) is 13.9. The molecular weight excluding hydrogens is 230 g/mol. The molecule has 1 aromatic carbocycles. The smallest absolute Gasteiger partial charge is 0.331 e. The largest absolute Gasteiger partial charge is 0.496 e. The van der Waals surface area contributed by atoms with Crippen molar-refractivity contribution in [2.24, 2.45) is 5.84 Å². The molecule has 0 aliphatic heterocycles. The average Bonchev–Trinajstić information content (AvgIpc) is 2.37. The van der Waals surface area contributed by atoms with E-state index >= 15 is 0 Å². The molecule has 0 unspecified atom stereocenters. The summed E-state index contributed by atoms with van der Waals surface area (Å²) in [5, 5.41) is 0. The summed E-state index contributed by atoms with van der Waals surface area (Å²) >= 11 is 0. The van der Waals surface area contributed by atoms with Crippen LogP contribution in [0.25, 0.3) is 0 Å². The first-order valence-corrected chi connectivity index (χ1v) is 5.77. The first-order valence-electron chi connectivity index (χ1n) is 5.77. The van der Waals surface area contributed by atoms with Gasteiger partial charge in [0.2, 0.25) is 0 Å². The van der Waals surface area contributed by atoms with Crippen LogP contribution in [0.2, 0.25) is 0 Å². The second kappa shape index (κ2) is 5.73. The number of hydrogen-bond donors (Lipinski definition) is 2. The zero-order valence-electron chi connectivity index (χ0n) is 11.6. The predicted octanol–water partition coefficient (Wildman–Crippen LogP) is 1.64. The van der Waals surface area contributed by atoms with Crippen LogP contribution in [0.5, 0.6) is 5.75 Å². The number of nitrogens with two attached hydrogens (primary N) is 1. The monoisotopic (exact) mass is 251 g/mol. The number of ether oxygens (including phenoxy) is 1. The van der Waals surface area contributed by atoms with Gasteiger partial charge in [0.05, 0.1) is 7.11 Å². The third-order valence-electron chi connectivity index (χ3n) is 3.29. The van der Waals surface area contributed by atoms with Crippen molar-refractivity contribution in [3.63, 3.8) is 0 Å². The number of rotatable bonds is 3. The Balaban J connectivity index is 3.10. The van der Waals surface area contributed by atoms with E-state index in [9.17, 15) is 4.79 Å². The quantitative estimate of drug-likeness (QED) is 0.487. The van der Waals surface area contributed by atoms with Crippen LogP contribution in [0, 0.1) is 20.8 Å². The van der Waals surface area contributed by atoms with E-state index < -0.39 is 0 Å². The van der Waals surface area contributed by atoms with Gasteiger partial charge in [0.25, 0.3) is 0 Å². The predicted molar refractivity (Wildman–Crippen MR) is 71.4 cm³/mol. The Hall–Kier alpha value is -1.75. The van der Waals surface area contributed by atoms with Gasteiger partial charge >= 0.3 is 6.03 Å². The van der Waals surface area contributed by atoms with Crippen molar-refractivity contribution in [2.75, 3.05) is 14.2 Å². The molecule has 5 heteroatoms. The summed E-state index contributed by atoms with van der Waals surface area (Å²) in [6.07, 6.45) is 0. The minimum atomic E-state index is -0.303. The second-order valence-electron chi connectivity index (χ2n) is 4.43. The molecule has 18 heavy (non-hydrogen) atoms. The van der Waals surface area contributed by atoms with Crippen molar-refractivity contribution in [3.05, 3.63) is 28.3 Å². The Morgan fingerprint density at radius 3 is 2.50 bits per heavy atom. The molecule has 0 aliphatic carbocycles. The number of aryl methyl sites for hydroxylation is 1. The molecule has 0 aliphatic rings. The lowest BCUT2D eigenvalue weighted by Gasteiger charge is -2.21. The number of amides is 2. The van der Waals surface area contributed by atoms with E-state index in [-0.39, 0.29) is 6.03 Å². The number of urea groups is 1. The highest BCUT2D eigenvalue weighted by molar-refractivity contribution is 5.73. The Labute approximate surface area is 108 Å². The van der Waals surface area contributed by atoms with E-state index in [1.165, 1.54) is 0 Å². The Morgan fingerprint density at radius 2 is 2.00 bits per heavy atom. The maximum absolute atomic E-state index is 11.4. The van der Waals surface area contributed by atoms with Gasteiger partial charge in [0.15, 0.2) is 0 Å². The number of methoxy groups -OCH3 is 1. The van der Waals surface area contributed by atoms with Gasteiger partial charge in [0, 0.05) is 13.6 Å². The zero-order valence-corrected chi connectivity index (χ0v) is 11.6. The van der Waals surface area contributed by atoms with Crippen LogP contribution in [0.4, 0.5) is 4.79 Å². The number of benzene rings is 1. The molecule has 0 fully saturated rings. The first-order chi connectivity index (χ1) is 8.42. The molecule has 0 heterocycles. The number of hydrogen-bond acceptors (Lipinski definition) is 3. The molecule has 100 valence electrons. The van der Waals surface area contributed by atoms with Gasteiger partial charge in [0.1, 0.15) is 5.75 Å². The van der Waals surface area contributed by atoms with Crippen molar-refractivity contribution in [2.45, 2.75) is 27.3 Å². The van der Waals surface area contributed by atoms with Gasteiger partial charge in [-0.1, -0.05) is 0 Å².